The number of hydrogen-bond acceptors (Lipinski definition) is 6. The number of nitrogens with two attached hydrogens (primary N) is 2. The summed E-state index contributed by atoms with van der Waals surface area (Å²) in [5.74, 6) is -3.29. The maximum atomic E-state index is 13.1. The van der Waals surface area contributed by atoms with Crippen LogP contribution >= 0.6 is 0 Å². The van der Waals surface area contributed by atoms with Gasteiger partial charge in [-0.2, -0.15) is 0 Å². The molecule has 0 spiro atoms. The summed E-state index contributed by atoms with van der Waals surface area (Å²) in [6.07, 6.45) is 0.753. The van der Waals surface area contributed by atoms with Gasteiger partial charge in [0.1, 0.15) is 11.8 Å². The zero-order valence-corrected chi connectivity index (χ0v) is 18.4. The Balaban J connectivity index is 2.29. The number of phenols is 1. The molecule has 0 aromatic heterocycles. The van der Waals surface area contributed by atoms with Crippen LogP contribution in [-0.2, 0) is 27.2 Å². The van der Waals surface area contributed by atoms with Crippen molar-refractivity contribution in [2.45, 2.75) is 51.6 Å². The van der Waals surface area contributed by atoms with E-state index < -0.39 is 29.9 Å². The number of carboxylic acid groups (broad SMARTS) is 1. The van der Waals surface area contributed by atoms with Gasteiger partial charge in [-0.15, -0.1) is 0 Å². The molecule has 0 radical (unpaired) electrons. The van der Waals surface area contributed by atoms with Crippen molar-refractivity contribution < 1.29 is 24.6 Å². The quantitative estimate of drug-likeness (QED) is 0.327. The Morgan fingerprint density at radius 2 is 1.69 bits per heavy atom. The molecule has 32 heavy (non-hydrogen) atoms. The number of benzene rings is 2. The molecule has 2 aromatic carbocycles. The fourth-order valence-corrected chi connectivity index (χ4v) is 3.38. The minimum atomic E-state index is -1.52. The summed E-state index contributed by atoms with van der Waals surface area (Å²) < 4.78 is 0. The number of carbonyl (C=O) groups excluding carboxylic acids is 2. The van der Waals surface area contributed by atoms with Crippen LogP contribution in [0.4, 0.5) is 5.69 Å². The molecule has 0 fully saturated rings. The minimum absolute atomic E-state index is 0.0157. The number of aliphatic carboxylic acids is 1. The first kappa shape index (κ1) is 24.9. The maximum Gasteiger partial charge on any atom is 0.327 e. The Hall–Kier alpha value is -3.39. The van der Waals surface area contributed by atoms with E-state index in [9.17, 15) is 24.6 Å². The number of imide groups is 1. The number of aryl methyl sites for hydroxylation is 1. The van der Waals surface area contributed by atoms with Crippen molar-refractivity contribution in [2.75, 3.05) is 5.73 Å². The lowest BCUT2D eigenvalue weighted by molar-refractivity contribution is -0.159. The standard InChI is InChI=1S/C24H31N3O5/c1-15(2)21(26)23(30)27(20(28)13-6-10-16-8-4-3-5-9-16)19(24(31)32)14-17-11-7-12-18(25)22(17)29/h3-5,7-9,11-12,15,19,21,29H,6,10,13-14,25-26H2,1-2H3,(H,31,32). The lowest BCUT2D eigenvalue weighted by Crippen LogP contribution is -2.56. The number of nitrogen functional groups attached to an aromatic ring is 1. The summed E-state index contributed by atoms with van der Waals surface area (Å²) in [6.45, 7) is 3.44. The second-order valence-corrected chi connectivity index (χ2v) is 8.12. The molecule has 2 amide bonds. The van der Waals surface area contributed by atoms with Gasteiger partial charge in [0, 0.05) is 12.8 Å². The number of nitrogens with zero attached hydrogens (tertiary/aromatic N) is 1. The van der Waals surface area contributed by atoms with Gasteiger partial charge < -0.3 is 21.7 Å². The Kier molecular flexibility index (Phi) is 8.78. The minimum Gasteiger partial charge on any atom is -0.506 e. The van der Waals surface area contributed by atoms with Crippen LogP contribution in [0, 0.1) is 5.92 Å². The number of para-hydroxylation sites is 1. The van der Waals surface area contributed by atoms with Crippen molar-refractivity contribution in [1.82, 2.24) is 4.90 Å². The van der Waals surface area contributed by atoms with E-state index in [1.165, 1.54) is 12.1 Å². The molecular weight excluding hydrogens is 410 g/mol. The van der Waals surface area contributed by atoms with Crippen molar-refractivity contribution in [1.29, 1.82) is 0 Å². The van der Waals surface area contributed by atoms with Crippen LogP contribution in [-0.4, -0.2) is 45.0 Å². The number of phenolic OH excluding ortho intramolecular Hbond substituents is 1. The monoisotopic (exact) mass is 441 g/mol. The van der Waals surface area contributed by atoms with Crippen molar-refractivity contribution in [3.05, 3.63) is 59.7 Å². The van der Waals surface area contributed by atoms with Crippen LogP contribution in [0.1, 0.15) is 37.8 Å². The molecule has 0 heterocycles. The van der Waals surface area contributed by atoms with E-state index in [4.69, 9.17) is 11.5 Å². The molecule has 2 rings (SSSR count). The molecule has 8 nitrogen and oxygen atoms in total. The second kappa shape index (κ2) is 11.3. The molecule has 0 saturated carbocycles. The summed E-state index contributed by atoms with van der Waals surface area (Å²) >= 11 is 0. The molecule has 8 heteroatoms. The highest BCUT2D eigenvalue weighted by Gasteiger charge is 2.38. The highest BCUT2D eigenvalue weighted by atomic mass is 16.4. The lowest BCUT2D eigenvalue weighted by atomic mass is 9.98. The molecule has 0 saturated heterocycles. The van der Waals surface area contributed by atoms with Gasteiger partial charge in [0.2, 0.25) is 11.8 Å². The summed E-state index contributed by atoms with van der Waals surface area (Å²) in [7, 11) is 0. The van der Waals surface area contributed by atoms with Crippen LogP contribution in [0.25, 0.3) is 0 Å². The van der Waals surface area contributed by atoms with Gasteiger partial charge in [-0.3, -0.25) is 14.5 Å². The Labute approximate surface area is 187 Å². The molecular formula is C24H31N3O5. The van der Waals surface area contributed by atoms with E-state index in [2.05, 4.69) is 0 Å². The number of amides is 2. The molecule has 172 valence electrons. The van der Waals surface area contributed by atoms with E-state index in [0.29, 0.717) is 12.8 Å². The van der Waals surface area contributed by atoms with E-state index >= 15 is 0 Å². The maximum absolute atomic E-state index is 13.1. The van der Waals surface area contributed by atoms with Crippen LogP contribution in [0.5, 0.6) is 5.75 Å². The first-order valence-corrected chi connectivity index (χ1v) is 10.6. The number of carbonyl (C=O) groups is 3. The molecule has 0 aliphatic heterocycles. The first-order valence-electron chi connectivity index (χ1n) is 10.6. The fourth-order valence-electron chi connectivity index (χ4n) is 3.38. The molecule has 0 bridgehead atoms. The number of aromatic hydroxyl groups is 1. The zero-order valence-electron chi connectivity index (χ0n) is 18.4. The third-order valence-corrected chi connectivity index (χ3v) is 5.37. The highest BCUT2D eigenvalue weighted by Crippen LogP contribution is 2.27. The third-order valence-electron chi connectivity index (χ3n) is 5.37. The van der Waals surface area contributed by atoms with Gasteiger partial charge in [0.05, 0.1) is 11.7 Å². The zero-order chi connectivity index (χ0) is 23.8. The Morgan fingerprint density at radius 1 is 1.03 bits per heavy atom. The SMILES string of the molecule is CC(C)C(N)C(=O)N(C(=O)CCCc1ccccc1)C(Cc1cccc(N)c1O)C(=O)O. The molecule has 0 aliphatic rings. The normalized spacial score (nSPS) is 12.9. The topological polar surface area (TPSA) is 147 Å². The van der Waals surface area contributed by atoms with Gasteiger partial charge in [-0.25, -0.2) is 4.79 Å². The molecule has 2 aromatic rings. The second-order valence-electron chi connectivity index (χ2n) is 8.12. The van der Waals surface area contributed by atoms with Crippen LogP contribution in [0.2, 0.25) is 0 Å². The van der Waals surface area contributed by atoms with Gasteiger partial charge >= 0.3 is 5.97 Å². The number of carboxylic acids is 1. The van der Waals surface area contributed by atoms with Crippen LogP contribution in [0.15, 0.2) is 48.5 Å². The average molecular weight is 442 g/mol. The van der Waals surface area contributed by atoms with Crippen LogP contribution in [0.3, 0.4) is 0 Å². The summed E-state index contributed by atoms with van der Waals surface area (Å²) in [5, 5.41) is 20.1. The summed E-state index contributed by atoms with van der Waals surface area (Å²) in [4.78, 5) is 39.1. The van der Waals surface area contributed by atoms with Crippen molar-refractivity contribution in [3.63, 3.8) is 0 Å². The third kappa shape index (κ3) is 6.31. The molecule has 2 unspecified atom stereocenters. The van der Waals surface area contributed by atoms with E-state index in [0.717, 1.165) is 10.5 Å². The first-order chi connectivity index (χ1) is 15.1. The largest absolute Gasteiger partial charge is 0.506 e. The van der Waals surface area contributed by atoms with Gasteiger partial charge in [0.15, 0.2) is 0 Å². The van der Waals surface area contributed by atoms with E-state index in [1.54, 1.807) is 19.9 Å². The van der Waals surface area contributed by atoms with Gasteiger partial charge in [0.25, 0.3) is 0 Å². The predicted octanol–water partition coefficient (Wildman–Crippen LogP) is 2.33. The van der Waals surface area contributed by atoms with Gasteiger partial charge in [-0.1, -0.05) is 56.3 Å². The number of rotatable bonds is 10. The van der Waals surface area contributed by atoms with E-state index in [-0.39, 0.29) is 35.8 Å². The van der Waals surface area contributed by atoms with Gasteiger partial charge in [-0.05, 0) is 36.0 Å². The summed E-state index contributed by atoms with van der Waals surface area (Å²) in [5.41, 5.74) is 13.1. The number of hydrogen-bond donors (Lipinski definition) is 4. The van der Waals surface area contributed by atoms with E-state index in [1.807, 2.05) is 30.3 Å². The molecule has 0 aliphatic carbocycles. The Morgan fingerprint density at radius 3 is 2.28 bits per heavy atom. The summed E-state index contributed by atoms with van der Waals surface area (Å²) in [6, 6.07) is 11.5. The lowest BCUT2D eigenvalue weighted by Gasteiger charge is -2.31. The van der Waals surface area contributed by atoms with Crippen molar-refractivity contribution in [3.8, 4) is 5.75 Å². The Bertz CT molecular complexity index is 946. The van der Waals surface area contributed by atoms with Crippen molar-refractivity contribution >= 4 is 23.5 Å². The van der Waals surface area contributed by atoms with Crippen LogP contribution < -0.4 is 11.5 Å². The predicted molar refractivity (Wildman–Crippen MR) is 122 cm³/mol. The number of anilines is 1. The van der Waals surface area contributed by atoms with Crippen molar-refractivity contribution in [2.24, 2.45) is 11.7 Å². The molecule has 2 atom stereocenters. The average Bonchev–Trinajstić information content (AvgIpc) is 2.76. The fraction of sp³-hybridized carbons (Fsp3) is 0.375. The molecule has 6 N–H and O–H groups in total. The smallest absolute Gasteiger partial charge is 0.327 e. The highest BCUT2D eigenvalue weighted by molar-refractivity contribution is 6.01.